The van der Waals surface area contributed by atoms with Crippen LogP contribution in [-0.4, -0.2) is 30.8 Å². The fraction of sp³-hybridized carbons (Fsp3) is 0.500. The van der Waals surface area contributed by atoms with Gasteiger partial charge in [-0.25, -0.2) is 9.59 Å². The highest BCUT2D eigenvalue weighted by Crippen LogP contribution is 2.34. The minimum atomic E-state index is -0.626. The zero-order valence-electron chi connectivity index (χ0n) is 10.2. The number of rotatable bonds is 4. The largest absolute Gasteiger partial charge is 0.511 e. The lowest BCUT2D eigenvalue weighted by Crippen LogP contribution is -2.10. The van der Waals surface area contributed by atoms with Crippen LogP contribution in [0.1, 0.15) is 26.7 Å². The Morgan fingerprint density at radius 1 is 1.29 bits per heavy atom. The number of carbonyl (C=O) groups is 2. The Balaban J connectivity index is 3.09. The van der Waals surface area contributed by atoms with E-state index in [2.05, 4.69) is 4.74 Å². The molecular formula is C12H16O5. The highest BCUT2D eigenvalue weighted by Gasteiger charge is 2.32. The highest BCUT2D eigenvalue weighted by molar-refractivity contribution is 6.01. The third-order valence-corrected chi connectivity index (χ3v) is 2.56. The average Bonchev–Trinajstić information content (AvgIpc) is 2.65. The van der Waals surface area contributed by atoms with Crippen LogP contribution >= 0.6 is 0 Å². The first-order valence-corrected chi connectivity index (χ1v) is 5.46. The molecule has 0 spiro atoms. The van der Waals surface area contributed by atoms with Crippen LogP contribution < -0.4 is 0 Å². The molecule has 5 heteroatoms. The lowest BCUT2D eigenvalue weighted by Gasteiger charge is -2.07. The van der Waals surface area contributed by atoms with E-state index in [1.165, 1.54) is 7.11 Å². The molecule has 1 rings (SSSR count). The number of methoxy groups -OCH3 is 1. The summed E-state index contributed by atoms with van der Waals surface area (Å²) in [6, 6.07) is 0. The van der Waals surface area contributed by atoms with Crippen molar-refractivity contribution in [3.05, 3.63) is 22.5 Å². The molecule has 0 aromatic heterocycles. The Hall–Kier alpha value is -1.78. The van der Waals surface area contributed by atoms with Crippen LogP contribution in [0.4, 0.5) is 0 Å². The molecule has 1 aliphatic rings. The number of aliphatic hydroxyl groups excluding tert-OH is 1. The van der Waals surface area contributed by atoms with Gasteiger partial charge in [0, 0.05) is 12.0 Å². The van der Waals surface area contributed by atoms with Gasteiger partial charge >= 0.3 is 11.9 Å². The van der Waals surface area contributed by atoms with Gasteiger partial charge in [0.1, 0.15) is 11.3 Å². The summed E-state index contributed by atoms with van der Waals surface area (Å²) >= 11 is 0. The summed E-state index contributed by atoms with van der Waals surface area (Å²) in [5.41, 5.74) is 0.943. The summed E-state index contributed by atoms with van der Waals surface area (Å²) in [6.45, 7) is 3.76. The number of hydrogen-bond acceptors (Lipinski definition) is 5. The topological polar surface area (TPSA) is 72.8 Å². The molecule has 0 aromatic carbocycles. The lowest BCUT2D eigenvalue weighted by atomic mass is 10.0. The molecule has 1 N–H and O–H groups in total. The van der Waals surface area contributed by atoms with E-state index < -0.39 is 11.9 Å². The summed E-state index contributed by atoms with van der Waals surface area (Å²) in [4.78, 5) is 23.1. The summed E-state index contributed by atoms with van der Waals surface area (Å²) < 4.78 is 9.46. The molecule has 0 fully saturated rings. The number of ether oxygens (including phenoxy) is 2. The van der Waals surface area contributed by atoms with Crippen LogP contribution in [0.15, 0.2) is 22.5 Å². The number of esters is 2. The standard InChI is InChI=1S/C12H16O5/c1-4-7-8(11(14)17-5-2)6-9(13)10(7)12(15)16-3/h13H,4-6H2,1-3H3. The Labute approximate surface area is 99.7 Å². The molecule has 1 aliphatic carbocycles. The molecule has 0 unspecified atom stereocenters. The molecule has 0 aromatic rings. The third kappa shape index (κ3) is 2.49. The van der Waals surface area contributed by atoms with Gasteiger partial charge in [-0.15, -0.1) is 0 Å². The highest BCUT2D eigenvalue weighted by atomic mass is 16.5. The fourth-order valence-corrected chi connectivity index (χ4v) is 1.83. The summed E-state index contributed by atoms with van der Waals surface area (Å²) in [6.07, 6.45) is 0.495. The van der Waals surface area contributed by atoms with Crippen molar-refractivity contribution in [1.82, 2.24) is 0 Å². The maximum Gasteiger partial charge on any atom is 0.341 e. The van der Waals surface area contributed by atoms with E-state index in [9.17, 15) is 14.7 Å². The number of hydrogen-bond donors (Lipinski definition) is 1. The van der Waals surface area contributed by atoms with Crippen LogP contribution in [0.3, 0.4) is 0 Å². The quantitative estimate of drug-likeness (QED) is 0.756. The molecule has 0 heterocycles. The van der Waals surface area contributed by atoms with Crippen LogP contribution in [-0.2, 0) is 19.1 Å². The van der Waals surface area contributed by atoms with Gasteiger partial charge in [-0.1, -0.05) is 6.92 Å². The third-order valence-electron chi connectivity index (χ3n) is 2.56. The van der Waals surface area contributed by atoms with Gasteiger partial charge < -0.3 is 14.6 Å². The van der Waals surface area contributed by atoms with E-state index in [0.717, 1.165) is 0 Å². The van der Waals surface area contributed by atoms with Crippen LogP contribution in [0.25, 0.3) is 0 Å². The van der Waals surface area contributed by atoms with Crippen molar-refractivity contribution < 1.29 is 24.2 Å². The molecule has 0 amide bonds. The second-order valence-electron chi connectivity index (χ2n) is 3.52. The first-order chi connectivity index (χ1) is 8.06. The first kappa shape index (κ1) is 13.3. The van der Waals surface area contributed by atoms with Gasteiger partial charge in [-0.3, -0.25) is 0 Å². The van der Waals surface area contributed by atoms with Gasteiger partial charge in [0.05, 0.1) is 13.7 Å². The van der Waals surface area contributed by atoms with Crippen molar-refractivity contribution in [2.75, 3.05) is 13.7 Å². The van der Waals surface area contributed by atoms with E-state index in [0.29, 0.717) is 17.6 Å². The van der Waals surface area contributed by atoms with Gasteiger partial charge in [-0.2, -0.15) is 0 Å². The molecule has 17 heavy (non-hydrogen) atoms. The van der Waals surface area contributed by atoms with Crippen molar-refractivity contribution in [2.45, 2.75) is 26.7 Å². The van der Waals surface area contributed by atoms with Crippen molar-refractivity contribution in [1.29, 1.82) is 0 Å². The Kier molecular flexibility index (Phi) is 4.31. The monoisotopic (exact) mass is 240 g/mol. The predicted octanol–water partition coefficient (Wildman–Crippen LogP) is 1.64. The average molecular weight is 240 g/mol. The Bertz CT molecular complexity index is 403. The van der Waals surface area contributed by atoms with Crippen LogP contribution in [0.5, 0.6) is 0 Å². The molecular weight excluding hydrogens is 224 g/mol. The SMILES string of the molecule is CCOC(=O)C1=C(CC)C(C(=O)OC)=C(O)C1. The van der Waals surface area contributed by atoms with Crippen molar-refractivity contribution in [2.24, 2.45) is 0 Å². The van der Waals surface area contributed by atoms with Crippen LogP contribution in [0, 0.1) is 0 Å². The molecule has 0 saturated heterocycles. The number of allylic oxidation sites excluding steroid dienone is 1. The zero-order chi connectivity index (χ0) is 13.0. The van der Waals surface area contributed by atoms with E-state index in [1.807, 2.05) is 0 Å². The minimum absolute atomic E-state index is 0.0342. The van der Waals surface area contributed by atoms with E-state index in [4.69, 9.17) is 4.74 Å². The van der Waals surface area contributed by atoms with Crippen LogP contribution in [0.2, 0.25) is 0 Å². The van der Waals surface area contributed by atoms with Crippen molar-refractivity contribution in [3.8, 4) is 0 Å². The van der Waals surface area contributed by atoms with Crippen molar-refractivity contribution in [3.63, 3.8) is 0 Å². The predicted molar refractivity (Wildman–Crippen MR) is 60.2 cm³/mol. The van der Waals surface area contributed by atoms with E-state index in [1.54, 1.807) is 13.8 Å². The van der Waals surface area contributed by atoms with Gasteiger partial charge in [0.25, 0.3) is 0 Å². The molecule has 0 saturated carbocycles. The maximum atomic E-state index is 11.6. The number of aliphatic hydroxyl groups is 1. The lowest BCUT2D eigenvalue weighted by molar-refractivity contribution is -0.138. The van der Waals surface area contributed by atoms with E-state index >= 15 is 0 Å². The molecule has 5 nitrogen and oxygen atoms in total. The normalized spacial score (nSPS) is 15.2. The summed E-state index contributed by atoms with van der Waals surface area (Å²) in [5, 5.41) is 9.71. The first-order valence-electron chi connectivity index (χ1n) is 5.46. The zero-order valence-corrected chi connectivity index (χ0v) is 10.2. The van der Waals surface area contributed by atoms with E-state index in [-0.39, 0.29) is 24.4 Å². The summed E-state index contributed by atoms with van der Waals surface area (Å²) in [5.74, 6) is -1.25. The number of carbonyl (C=O) groups excluding carboxylic acids is 2. The second-order valence-corrected chi connectivity index (χ2v) is 3.52. The molecule has 0 bridgehead atoms. The molecule has 94 valence electrons. The maximum absolute atomic E-state index is 11.6. The minimum Gasteiger partial charge on any atom is -0.511 e. The Morgan fingerprint density at radius 2 is 1.94 bits per heavy atom. The smallest absolute Gasteiger partial charge is 0.341 e. The molecule has 0 radical (unpaired) electrons. The molecule has 0 aliphatic heterocycles. The van der Waals surface area contributed by atoms with Gasteiger partial charge in [0.15, 0.2) is 0 Å². The Morgan fingerprint density at radius 3 is 2.41 bits per heavy atom. The summed E-state index contributed by atoms with van der Waals surface area (Å²) in [7, 11) is 1.23. The fourth-order valence-electron chi connectivity index (χ4n) is 1.83. The van der Waals surface area contributed by atoms with Gasteiger partial charge in [-0.05, 0) is 18.9 Å². The van der Waals surface area contributed by atoms with Crippen molar-refractivity contribution >= 4 is 11.9 Å². The van der Waals surface area contributed by atoms with Gasteiger partial charge in [0.2, 0.25) is 0 Å². The second kappa shape index (κ2) is 5.52. The molecule has 0 atom stereocenters.